The summed E-state index contributed by atoms with van der Waals surface area (Å²) in [5, 5.41) is 17.9. The van der Waals surface area contributed by atoms with Crippen LogP contribution in [0, 0.1) is 6.92 Å². The van der Waals surface area contributed by atoms with Crippen molar-refractivity contribution in [3.8, 4) is 0 Å². The van der Waals surface area contributed by atoms with Gasteiger partial charge in [-0.1, -0.05) is 0 Å². The van der Waals surface area contributed by atoms with Gasteiger partial charge in [0.15, 0.2) is 0 Å². The highest BCUT2D eigenvalue weighted by molar-refractivity contribution is 7.11. The zero-order valence-electron chi connectivity index (χ0n) is 6.78. The van der Waals surface area contributed by atoms with E-state index in [0.717, 1.165) is 16.4 Å². The van der Waals surface area contributed by atoms with E-state index >= 15 is 0 Å². The van der Waals surface area contributed by atoms with Gasteiger partial charge in [0, 0.05) is 12.8 Å². The van der Waals surface area contributed by atoms with Gasteiger partial charge in [-0.05, 0) is 13.3 Å². The van der Waals surface area contributed by atoms with Crippen LogP contribution in [0.15, 0.2) is 0 Å². The van der Waals surface area contributed by atoms with Gasteiger partial charge >= 0.3 is 5.97 Å². The number of rotatable bonds is 4. The maximum atomic E-state index is 10.2. The predicted molar refractivity (Wildman–Crippen MR) is 45.2 cm³/mol. The number of hydrogen-bond acceptors (Lipinski definition) is 4. The Morgan fingerprint density at radius 2 is 2.33 bits per heavy atom. The van der Waals surface area contributed by atoms with Crippen molar-refractivity contribution in [2.75, 3.05) is 0 Å². The van der Waals surface area contributed by atoms with E-state index in [0.29, 0.717) is 6.42 Å². The first-order valence-corrected chi connectivity index (χ1v) is 4.51. The highest BCUT2D eigenvalue weighted by atomic mass is 32.1. The monoisotopic (exact) mass is 186 g/mol. The Kier molecular flexibility index (Phi) is 3.16. The van der Waals surface area contributed by atoms with Crippen molar-refractivity contribution in [1.29, 1.82) is 0 Å². The lowest BCUT2D eigenvalue weighted by Crippen LogP contribution is -1.95. The fraction of sp³-hybridized carbons (Fsp3) is 0.571. The van der Waals surface area contributed by atoms with Gasteiger partial charge < -0.3 is 5.11 Å². The Hall–Kier alpha value is -0.970. The van der Waals surface area contributed by atoms with Crippen LogP contribution in [0.4, 0.5) is 0 Å². The minimum atomic E-state index is -0.753. The lowest BCUT2D eigenvalue weighted by molar-refractivity contribution is -0.137. The molecule has 0 aliphatic heterocycles. The first kappa shape index (κ1) is 9.12. The molecule has 1 N–H and O–H groups in total. The van der Waals surface area contributed by atoms with Crippen LogP contribution in [0.5, 0.6) is 0 Å². The van der Waals surface area contributed by atoms with Gasteiger partial charge in [-0.2, -0.15) is 0 Å². The number of aliphatic carboxylic acids is 1. The molecule has 0 aliphatic rings. The molecule has 0 amide bonds. The van der Waals surface area contributed by atoms with E-state index in [9.17, 15) is 4.79 Å². The van der Waals surface area contributed by atoms with Crippen molar-refractivity contribution in [3.05, 3.63) is 10.0 Å². The predicted octanol–water partition coefficient (Wildman–Crippen LogP) is 1.25. The van der Waals surface area contributed by atoms with Crippen molar-refractivity contribution in [1.82, 2.24) is 10.2 Å². The molecule has 0 aliphatic carbocycles. The molecule has 0 atom stereocenters. The molecule has 0 radical (unpaired) electrons. The Morgan fingerprint density at radius 1 is 1.58 bits per heavy atom. The van der Waals surface area contributed by atoms with Gasteiger partial charge in [0.25, 0.3) is 0 Å². The minimum Gasteiger partial charge on any atom is -0.481 e. The fourth-order valence-corrected chi connectivity index (χ4v) is 1.58. The third-order valence-corrected chi connectivity index (χ3v) is 2.25. The first-order valence-electron chi connectivity index (χ1n) is 3.69. The smallest absolute Gasteiger partial charge is 0.303 e. The van der Waals surface area contributed by atoms with Crippen LogP contribution < -0.4 is 0 Å². The highest BCUT2D eigenvalue weighted by Gasteiger charge is 2.01. The molecule has 1 aromatic rings. The molecule has 0 bridgehead atoms. The number of carboxylic acids is 1. The molecule has 1 aromatic heterocycles. The van der Waals surface area contributed by atoms with Crippen molar-refractivity contribution >= 4 is 17.3 Å². The number of aryl methyl sites for hydroxylation is 2. The van der Waals surface area contributed by atoms with Gasteiger partial charge in [-0.25, -0.2) is 0 Å². The Labute approximate surface area is 74.3 Å². The largest absolute Gasteiger partial charge is 0.481 e. The standard InChI is InChI=1S/C7H10N2O2S/c1-5-8-9-6(12-5)3-2-4-7(10)11/h2-4H2,1H3,(H,10,11). The third kappa shape index (κ3) is 2.96. The zero-order valence-corrected chi connectivity index (χ0v) is 7.60. The maximum absolute atomic E-state index is 10.2. The molecule has 0 saturated carbocycles. The molecule has 0 spiro atoms. The normalized spacial score (nSPS) is 10.1. The summed E-state index contributed by atoms with van der Waals surface area (Å²) in [6.45, 7) is 1.89. The second-order valence-electron chi connectivity index (χ2n) is 2.46. The minimum absolute atomic E-state index is 0.207. The van der Waals surface area contributed by atoms with E-state index < -0.39 is 5.97 Å². The summed E-state index contributed by atoms with van der Waals surface area (Å²) >= 11 is 1.52. The number of aromatic nitrogens is 2. The molecule has 1 heterocycles. The molecule has 5 heteroatoms. The van der Waals surface area contributed by atoms with Crippen LogP contribution in [0.1, 0.15) is 22.9 Å². The number of hydrogen-bond donors (Lipinski definition) is 1. The molecule has 0 saturated heterocycles. The van der Waals surface area contributed by atoms with Crippen LogP contribution in [0.25, 0.3) is 0 Å². The summed E-state index contributed by atoms with van der Waals surface area (Å²) in [5.41, 5.74) is 0. The van der Waals surface area contributed by atoms with Crippen LogP contribution in [-0.4, -0.2) is 21.3 Å². The molecular weight excluding hydrogens is 176 g/mol. The Bertz CT molecular complexity index is 272. The van der Waals surface area contributed by atoms with Crippen LogP contribution in [-0.2, 0) is 11.2 Å². The summed E-state index contributed by atoms with van der Waals surface area (Å²) in [7, 11) is 0. The summed E-state index contributed by atoms with van der Waals surface area (Å²) in [4.78, 5) is 10.2. The van der Waals surface area contributed by atoms with Crippen molar-refractivity contribution < 1.29 is 9.90 Å². The average Bonchev–Trinajstić information content (AvgIpc) is 2.35. The second-order valence-corrected chi connectivity index (χ2v) is 3.73. The van der Waals surface area contributed by atoms with E-state index in [-0.39, 0.29) is 6.42 Å². The summed E-state index contributed by atoms with van der Waals surface area (Å²) in [6, 6.07) is 0. The molecule has 0 aromatic carbocycles. The topological polar surface area (TPSA) is 63.1 Å². The van der Waals surface area contributed by atoms with Gasteiger partial charge in [0.1, 0.15) is 10.0 Å². The van der Waals surface area contributed by atoms with Crippen molar-refractivity contribution in [3.63, 3.8) is 0 Å². The number of nitrogens with zero attached hydrogens (tertiary/aromatic N) is 2. The molecule has 66 valence electrons. The first-order chi connectivity index (χ1) is 5.68. The summed E-state index contributed by atoms with van der Waals surface area (Å²) in [6.07, 6.45) is 1.57. The lowest BCUT2D eigenvalue weighted by Gasteiger charge is -1.90. The van der Waals surface area contributed by atoms with Gasteiger partial charge in [0.2, 0.25) is 0 Å². The van der Waals surface area contributed by atoms with E-state index in [4.69, 9.17) is 5.11 Å². The fourth-order valence-electron chi connectivity index (χ4n) is 0.829. The summed E-state index contributed by atoms with van der Waals surface area (Å²) < 4.78 is 0. The van der Waals surface area contributed by atoms with Crippen LogP contribution in [0.3, 0.4) is 0 Å². The van der Waals surface area contributed by atoms with Crippen molar-refractivity contribution in [2.45, 2.75) is 26.2 Å². The molecular formula is C7H10N2O2S. The SMILES string of the molecule is Cc1nnc(CCCC(=O)O)s1. The number of carboxylic acid groups (broad SMARTS) is 1. The molecule has 4 nitrogen and oxygen atoms in total. The summed E-state index contributed by atoms with van der Waals surface area (Å²) in [5.74, 6) is -0.753. The maximum Gasteiger partial charge on any atom is 0.303 e. The lowest BCUT2D eigenvalue weighted by atomic mass is 10.2. The van der Waals surface area contributed by atoms with Gasteiger partial charge in [-0.3, -0.25) is 4.79 Å². The quantitative estimate of drug-likeness (QED) is 0.768. The third-order valence-electron chi connectivity index (χ3n) is 1.35. The van der Waals surface area contributed by atoms with E-state index in [1.54, 1.807) is 0 Å². The molecule has 1 rings (SSSR count). The van der Waals surface area contributed by atoms with Crippen molar-refractivity contribution in [2.24, 2.45) is 0 Å². The van der Waals surface area contributed by atoms with E-state index in [1.165, 1.54) is 11.3 Å². The van der Waals surface area contributed by atoms with Crippen LogP contribution in [0.2, 0.25) is 0 Å². The van der Waals surface area contributed by atoms with Gasteiger partial charge in [-0.15, -0.1) is 21.5 Å². The average molecular weight is 186 g/mol. The molecule has 0 unspecified atom stereocenters. The van der Waals surface area contributed by atoms with E-state index in [1.807, 2.05) is 6.92 Å². The second kappa shape index (κ2) is 4.15. The van der Waals surface area contributed by atoms with Crippen LogP contribution >= 0.6 is 11.3 Å². The molecule has 12 heavy (non-hydrogen) atoms. The van der Waals surface area contributed by atoms with E-state index in [2.05, 4.69) is 10.2 Å². The number of carbonyl (C=O) groups is 1. The van der Waals surface area contributed by atoms with Gasteiger partial charge in [0.05, 0.1) is 0 Å². The Balaban J connectivity index is 2.29. The Morgan fingerprint density at radius 3 is 2.83 bits per heavy atom. The molecule has 0 fully saturated rings. The zero-order chi connectivity index (χ0) is 8.97. The highest BCUT2D eigenvalue weighted by Crippen LogP contribution is 2.10.